The third-order valence-electron chi connectivity index (χ3n) is 4.35. The van der Waals surface area contributed by atoms with Crippen LogP contribution in [0.25, 0.3) is 0 Å². The second kappa shape index (κ2) is 9.20. The molecule has 0 aliphatic carbocycles. The quantitative estimate of drug-likeness (QED) is 0.489. The fourth-order valence-electron chi connectivity index (χ4n) is 2.77. The number of aromatic nitrogens is 1. The van der Waals surface area contributed by atoms with Crippen molar-refractivity contribution in [3.8, 4) is 0 Å². The largest absolute Gasteiger partial charge is 0.337 e. The summed E-state index contributed by atoms with van der Waals surface area (Å²) in [7, 11) is 1.85. The Morgan fingerprint density at radius 1 is 1.07 bits per heavy atom. The zero-order valence-corrected chi connectivity index (χ0v) is 17.6. The summed E-state index contributed by atoms with van der Waals surface area (Å²) in [5.74, 6) is 0.895. The van der Waals surface area contributed by atoms with Crippen LogP contribution in [-0.2, 0) is 18.7 Å². The van der Waals surface area contributed by atoms with Gasteiger partial charge in [-0.2, -0.15) is 0 Å². The maximum Gasteiger partial charge on any atom is 0.253 e. The Hall–Kier alpha value is -2.11. The predicted molar refractivity (Wildman–Crippen MR) is 114 cm³/mol. The van der Waals surface area contributed by atoms with Gasteiger partial charge in [0.25, 0.3) is 5.91 Å². The lowest BCUT2D eigenvalue weighted by molar-refractivity contribution is 0.0785. The Morgan fingerprint density at radius 2 is 1.74 bits per heavy atom. The molecule has 1 heterocycles. The first-order chi connectivity index (χ1) is 13.0. The second-order valence-electron chi connectivity index (χ2n) is 6.50. The summed E-state index contributed by atoms with van der Waals surface area (Å²) in [4.78, 5) is 20.1. The lowest BCUT2D eigenvalue weighted by Crippen LogP contribution is -2.26. The summed E-state index contributed by atoms with van der Waals surface area (Å²) in [6.45, 7) is 4.78. The molecule has 0 radical (unpaired) electrons. The topological polar surface area (TPSA) is 33.2 Å². The number of carbonyl (C=O) groups is 1. The van der Waals surface area contributed by atoms with Crippen LogP contribution in [0.2, 0.25) is 0 Å². The van der Waals surface area contributed by atoms with E-state index in [-0.39, 0.29) is 5.91 Å². The monoisotopic (exact) mass is 396 g/mol. The molecule has 140 valence electrons. The smallest absolute Gasteiger partial charge is 0.253 e. The van der Waals surface area contributed by atoms with Crippen LogP contribution in [0.4, 0.5) is 0 Å². The highest BCUT2D eigenvalue weighted by Crippen LogP contribution is 2.24. The Balaban J connectivity index is 1.57. The number of hydrogen-bond acceptors (Lipinski definition) is 4. The van der Waals surface area contributed by atoms with Crippen molar-refractivity contribution in [2.75, 3.05) is 7.05 Å². The van der Waals surface area contributed by atoms with Crippen molar-refractivity contribution in [3.63, 3.8) is 0 Å². The highest BCUT2D eigenvalue weighted by molar-refractivity contribution is 7.98. The molecule has 3 rings (SSSR count). The number of aryl methyl sites for hydroxylation is 2. The van der Waals surface area contributed by atoms with E-state index in [1.54, 1.807) is 28.0 Å². The van der Waals surface area contributed by atoms with Gasteiger partial charge in [0.15, 0.2) is 0 Å². The van der Waals surface area contributed by atoms with Crippen LogP contribution in [0.1, 0.15) is 39.1 Å². The van der Waals surface area contributed by atoms with E-state index in [1.165, 1.54) is 5.56 Å². The van der Waals surface area contributed by atoms with E-state index in [0.717, 1.165) is 38.9 Å². The molecule has 0 saturated carbocycles. The summed E-state index contributed by atoms with van der Waals surface area (Å²) in [5.41, 5.74) is 4.29. The predicted octanol–water partition coefficient (Wildman–Crippen LogP) is 5.58. The Kier molecular flexibility index (Phi) is 6.69. The second-order valence-corrected chi connectivity index (χ2v) is 8.61. The zero-order chi connectivity index (χ0) is 19.2. The molecule has 0 bridgehead atoms. The molecule has 0 spiro atoms. The maximum absolute atomic E-state index is 12.7. The fraction of sp³-hybridized carbons (Fsp3) is 0.273. The number of hydrogen-bond donors (Lipinski definition) is 0. The number of benzene rings is 2. The molecule has 3 aromatic rings. The van der Waals surface area contributed by atoms with Gasteiger partial charge in [-0.1, -0.05) is 31.2 Å². The van der Waals surface area contributed by atoms with Crippen LogP contribution in [0.15, 0.2) is 58.8 Å². The molecular weight excluding hydrogens is 372 g/mol. The van der Waals surface area contributed by atoms with Gasteiger partial charge in [0, 0.05) is 35.2 Å². The minimum Gasteiger partial charge on any atom is -0.337 e. The van der Waals surface area contributed by atoms with Gasteiger partial charge in [-0.3, -0.25) is 4.79 Å². The lowest BCUT2D eigenvalue weighted by atomic mass is 10.1. The van der Waals surface area contributed by atoms with E-state index in [1.807, 2.05) is 38.2 Å². The van der Waals surface area contributed by atoms with Crippen molar-refractivity contribution >= 4 is 29.0 Å². The SMILES string of the molecule is CCc1ccc(CN(C)C(=O)c2ccc(SCc3csc(C)n3)cc2)cc1. The van der Waals surface area contributed by atoms with E-state index >= 15 is 0 Å². The van der Waals surface area contributed by atoms with Crippen LogP contribution in [0.5, 0.6) is 0 Å². The molecule has 27 heavy (non-hydrogen) atoms. The average molecular weight is 397 g/mol. The first-order valence-electron chi connectivity index (χ1n) is 9.02. The molecule has 1 aromatic heterocycles. The normalized spacial score (nSPS) is 10.8. The molecule has 0 N–H and O–H groups in total. The lowest BCUT2D eigenvalue weighted by Gasteiger charge is -2.17. The van der Waals surface area contributed by atoms with Crippen LogP contribution < -0.4 is 0 Å². The summed E-state index contributed by atoms with van der Waals surface area (Å²) in [6, 6.07) is 16.3. The highest BCUT2D eigenvalue weighted by atomic mass is 32.2. The number of thioether (sulfide) groups is 1. The standard InChI is InChI=1S/C22H24N2OS2/c1-4-17-5-7-18(8-6-17)13-24(3)22(25)19-9-11-21(12-10-19)27-15-20-14-26-16(2)23-20/h5-12,14H,4,13,15H2,1-3H3. The Morgan fingerprint density at radius 3 is 2.33 bits per heavy atom. The van der Waals surface area contributed by atoms with Gasteiger partial charge in [-0.15, -0.1) is 23.1 Å². The van der Waals surface area contributed by atoms with Gasteiger partial charge >= 0.3 is 0 Å². The Bertz CT molecular complexity index is 885. The van der Waals surface area contributed by atoms with Gasteiger partial charge < -0.3 is 4.90 Å². The summed E-state index contributed by atoms with van der Waals surface area (Å²) < 4.78 is 0. The van der Waals surface area contributed by atoms with Gasteiger partial charge in [-0.05, 0) is 48.7 Å². The molecule has 0 fully saturated rings. The van der Waals surface area contributed by atoms with E-state index in [9.17, 15) is 4.79 Å². The molecule has 0 unspecified atom stereocenters. The van der Waals surface area contributed by atoms with Gasteiger partial charge in [0.05, 0.1) is 10.7 Å². The van der Waals surface area contributed by atoms with Crippen molar-refractivity contribution in [1.82, 2.24) is 9.88 Å². The third-order valence-corrected chi connectivity index (χ3v) is 6.22. The number of thiazole rings is 1. The van der Waals surface area contributed by atoms with E-state index < -0.39 is 0 Å². The number of carbonyl (C=O) groups excluding carboxylic acids is 1. The zero-order valence-electron chi connectivity index (χ0n) is 15.9. The Labute approximate surface area is 169 Å². The molecule has 0 aliphatic rings. The summed E-state index contributed by atoms with van der Waals surface area (Å²) in [6.07, 6.45) is 1.03. The molecule has 5 heteroatoms. The third kappa shape index (κ3) is 5.44. The number of amides is 1. The molecule has 2 aromatic carbocycles. The van der Waals surface area contributed by atoms with Crippen LogP contribution in [0.3, 0.4) is 0 Å². The summed E-state index contributed by atoms with van der Waals surface area (Å²) >= 11 is 3.42. The average Bonchev–Trinajstić information content (AvgIpc) is 3.12. The van der Waals surface area contributed by atoms with Gasteiger partial charge in [-0.25, -0.2) is 4.98 Å². The van der Waals surface area contributed by atoms with Crippen molar-refractivity contribution in [2.45, 2.75) is 37.5 Å². The van der Waals surface area contributed by atoms with Crippen LogP contribution in [0, 0.1) is 6.92 Å². The minimum absolute atomic E-state index is 0.0428. The summed E-state index contributed by atoms with van der Waals surface area (Å²) in [5, 5.41) is 3.20. The number of rotatable bonds is 7. The number of nitrogens with zero attached hydrogens (tertiary/aromatic N) is 2. The first kappa shape index (κ1) is 19.6. The molecule has 3 nitrogen and oxygen atoms in total. The molecular formula is C22H24N2OS2. The molecule has 0 saturated heterocycles. The molecule has 1 amide bonds. The molecule has 0 atom stereocenters. The molecule has 0 aliphatic heterocycles. The van der Waals surface area contributed by atoms with Crippen molar-refractivity contribution in [1.29, 1.82) is 0 Å². The van der Waals surface area contributed by atoms with E-state index in [2.05, 4.69) is 41.6 Å². The van der Waals surface area contributed by atoms with Crippen LogP contribution in [-0.4, -0.2) is 22.8 Å². The van der Waals surface area contributed by atoms with Gasteiger partial charge in [0.2, 0.25) is 0 Å². The first-order valence-corrected chi connectivity index (χ1v) is 10.9. The van der Waals surface area contributed by atoms with Crippen molar-refractivity contribution < 1.29 is 4.79 Å². The van der Waals surface area contributed by atoms with E-state index in [4.69, 9.17) is 0 Å². The van der Waals surface area contributed by atoms with Crippen molar-refractivity contribution in [2.24, 2.45) is 0 Å². The van der Waals surface area contributed by atoms with Crippen molar-refractivity contribution in [3.05, 3.63) is 81.3 Å². The van der Waals surface area contributed by atoms with Gasteiger partial charge in [0.1, 0.15) is 0 Å². The maximum atomic E-state index is 12.7. The minimum atomic E-state index is 0.0428. The fourth-order valence-corrected chi connectivity index (χ4v) is 4.28. The van der Waals surface area contributed by atoms with E-state index in [0.29, 0.717) is 6.54 Å². The highest BCUT2D eigenvalue weighted by Gasteiger charge is 2.12. The van der Waals surface area contributed by atoms with Crippen LogP contribution >= 0.6 is 23.1 Å².